The van der Waals surface area contributed by atoms with Gasteiger partial charge in [-0.2, -0.15) is 0 Å². The molecular formula is C14H17Br2NO2. The molecule has 0 atom stereocenters. The van der Waals surface area contributed by atoms with Crippen molar-refractivity contribution in [1.82, 2.24) is 4.90 Å². The summed E-state index contributed by atoms with van der Waals surface area (Å²) in [4.78, 5) is 14.3. The first-order valence-corrected chi connectivity index (χ1v) is 8.26. The maximum atomic E-state index is 12.4. The van der Waals surface area contributed by atoms with E-state index in [1.807, 2.05) is 23.1 Å². The first-order valence-electron chi connectivity index (χ1n) is 6.34. The van der Waals surface area contributed by atoms with Crippen LogP contribution in [0.3, 0.4) is 0 Å². The third-order valence-electron chi connectivity index (χ3n) is 3.52. The average Bonchev–Trinajstić information content (AvgIpc) is 2.46. The third kappa shape index (κ3) is 3.51. The van der Waals surface area contributed by atoms with Crippen LogP contribution in [0, 0.1) is 5.92 Å². The number of hydrogen-bond donors (Lipinski definition) is 0. The Kier molecular flexibility index (Phi) is 5.28. The molecule has 2 rings (SSSR count). The number of likely N-dealkylation sites (tertiary alicyclic amines) is 1. The fraction of sp³-hybridized carbons (Fsp3) is 0.500. The molecule has 1 aromatic rings. The van der Waals surface area contributed by atoms with Crippen LogP contribution in [0.25, 0.3) is 0 Å². The minimum absolute atomic E-state index is 0.108. The van der Waals surface area contributed by atoms with Crippen molar-refractivity contribution in [2.24, 2.45) is 5.92 Å². The van der Waals surface area contributed by atoms with Gasteiger partial charge in [0, 0.05) is 24.0 Å². The van der Waals surface area contributed by atoms with Gasteiger partial charge in [0.25, 0.3) is 5.91 Å². The highest BCUT2D eigenvalue weighted by Gasteiger charge is 2.23. The zero-order chi connectivity index (χ0) is 13.8. The predicted octanol–water partition coefficient (Wildman–Crippen LogP) is 3.70. The van der Waals surface area contributed by atoms with Crippen molar-refractivity contribution in [3.63, 3.8) is 0 Å². The van der Waals surface area contributed by atoms with E-state index >= 15 is 0 Å². The molecule has 0 N–H and O–H groups in total. The van der Waals surface area contributed by atoms with Gasteiger partial charge >= 0.3 is 0 Å². The Morgan fingerprint density at radius 2 is 2.11 bits per heavy atom. The van der Waals surface area contributed by atoms with E-state index in [0.29, 0.717) is 11.5 Å². The van der Waals surface area contributed by atoms with Gasteiger partial charge in [0.05, 0.1) is 11.6 Å². The summed E-state index contributed by atoms with van der Waals surface area (Å²) in [5, 5.41) is 1.03. The number of rotatable bonds is 3. The van der Waals surface area contributed by atoms with Crippen LogP contribution in [-0.4, -0.2) is 36.3 Å². The lowest BCUT2D eigenvalue weighted by Gasteiger charge is -2.31. The Bertz CT molecular complexity index is 457. The van der Waals surface area contributed by atoms with Gasteiger partial charge < -0.3 is 9.64 Å². The van der Waals surface area contributed by atoms with E-state index in [1.54, 1.807) is 7.11 Å². The number of carbonyl (C=O) groups is 1. The van der Waals surface area contributed by atoms with E-state index < -0.39 is 0 Å². The largest absolute Gasteiger partial charge is 0.496 e. The summed E-state index contributed by atoms with van der Waals surface area (Å²) in [7, 11) is 1.62. The van der Waals surface area contributed by atoms with Crippen LogP contribution in [0.2, 0.25) is 0 Å². The fourth-order valence-electron chi connectivity index (χ4n) is 2.27. The average molecular weight is 391 g/mol. The van der Waals surface area contributed by atoms with Gasteiger partial charge in [0.1, 0.15) is 5.75 Å². The number of piperidine rings is 1. The number of hydrogen-bond acceptors (Lipinski definition) is 2. The van der Waals surface area contributed by atoms with Gasteiger partial charge in [-0.15, -0.1) is 0 Å². The second-order valence-electron chi connectivity index (χ2n) is 4.74. The zero-order valence-electron chi connectivity index (χ0n) is 10.9. The molecule has 1 aromatic carbocycles. The van der Waals surface area contributed by atoms with Gasteiger partial charge in [-0.3, -0.25) is 4.79 Å². The lowest BCUT2D eigenvalue weighted by Crippen LogP contribution is -2.38. The summed E-state index contributed by atoms with van der Waals surface area (Å²) >= 11 is 6.93. The van der Waals surface area contributed by atoms with Crippen LogP contribution in [-0.2, 0) is 0 Å². The Morgan fingerprint density at radius 1 is 1.42 bits per heavy atom. The van der Waals surface area contributed by atoms with Crippen molar-refractivity contribution in [3.8, 4) is 5.75 Å². The zero-order valence-corrected chi connectivity index (χ0v) is 14.0. The van der Waals surface area contributed by atoms with Gasteiger partial charge in [0.2, 0.25) is 0 Å². The van der Waals surface area contributed by atoms with E-state index in [4.69, 9.17) is 4.74 Å². The highest BCUT2D eigenvalue weighted by Crippen LogP contribution is 2.27. The minimum atomic E-state index is 0.108. The maximum absolute atomic E-state index is 12.4. The van der Waals surface area contributed by atoms with Crippen molar-refractivity contribution in [1.29, 1.82) is 0 Å². The number of halogens is 2. The van der Waals surface area contributed by atoms with Gasteiger partial charge in [-0.1, -0.05) is 15.9 Å². The van der Waals surface area contributed by atoms with Gasteiger partial charge in [-0.05, 0) is 52.9 Å². The molecule has 0 aliphatic carbocycles. The number of ether oxygens (including phenoxy) is 1. The van der Waals surface area contributed by atoms with E-state index in [-0.39, 0.29) is 5.91 Å². The molecular weight excluding hydrogens is 374 g/mol. The summed E-state index contributed by atoms with van der Waals surface area (Å²) in [6.07, 6.45) is 2.16. The lowest BCUT2D eigenvalue weighted by atomic mass is 9.98. The van der Waals surface area contributed by atoms with E-state index in [9.17, 15) is 4.79 Å². The number of amides is 1. The van der Waals surface area contributed by atoms with Crippen molar-refractivity contribution in [2.75, 3.05) is 25.5 Å². The Balaban J connectivity index is 2.06. The van der Waals surface area contributed by atoms with E-state index in [0.717, 1.165) is 41.5 Å². The van der Waals surface area contributed by atoms with E-state index in [1.165, 1.54) is 0 Å². The van der Waals surface area contributed by atoms with Gasteiger partial charge in [-0.25, -0.2) is 0 Å². The molecule has 1 fully saturated rings. The Morgan fingerprint density at radius 3 is 2.63 bits per heavy atom. The fourth-order valence-corrected chi connectivity index (χ4v) is 3.46. The molecule has 3 nitrogen and oxygen atoms in total. The summed E-state index contributed by atoms with van der Waals surface area (Å²) in [5.74, 6) is 1.55. The normalized spacial score (nSPS) is 16.5. The van der Waals surface area contributed by atoms with Crippen molar-refractivity contribution >= 4 is 37.8 Å². The summed E-state index contributed by atoms with van der Waals surface area (Å²) in [6.45, 7) is 1.69. The number of methoxy groups -OCH3 is 1. The quantitative estimate of drug-likeness (QED) is 0.736. The first-order chi connectivity index (χ1) is 9.15. The molecule has 0 bridgehead atoms. The minimum Gasteiger partial charge on any atom is -0.496 e. The molecule has 0 radical (unpaired) electrons. The lowest BCUT2D eigenvalue weighted by molar-refractivity contribution is 0.0699. The van der Waals surface area contributed by atoms with Crippen LogP contribution < -0.4 is 4.74 Å². The van der Waals surface area contributed by atoms with E-state index in [2.05, 4.69) is 31.9 Å². The molecule has 1 heterocycles. The molecule has 0 spiro atoms. The SMILES string of the molecule is COc1ccc(C(=O)N2CCC(CBr)CC2)cc1Br. The standard InChI is InChI=1S/C14H17Br2NO2/c1-19-13-3-2-11(8-12(13)16)14(18)17-6-4-10(9-15)5-7-17/h2-3,8,10H,4-7,9H2,1H3. The topological polar surface area (TPSA) is 29.5 Å². The van der Waals surface area contributed by atoms with Crippen LogP contribution in [0.1, 0.15) is 23.2 Å². The highest BCUT2D eigenvalue weighted by molar-refractivity contribution is 9.10. The maximum Gasteiger partial charge on any atom is 0.253 e. The molecule has 5 heteroatoms. The van der Waals surface area contributed by atoms with Crippen LogP contribution >= 0.6 is 31.9 Å². The molecule has 0 unspecified atom stereocenters. The number of benzene rings is 1. The second kappa shape index (κ2) is 6.75. The monoisotopic (exact) mass is 389 g/mol. The summed E-state index contributed by atoms with van der Waals surface area (Å²) in [6, 6.07) is 5.47. The van der Waals surface area contributed by atoms with Crippen molar-refractivity contribution in [2.45, 2.75) is 12.8 Å². The van der Waals surface area contributed by atoms with Crippen molar-refractivity contribution in [3.05, 3.63) is 28.2 Å². The summed E-state index contributed by atoms with van der Waals surface area (Å²) < 4.78 is 5.99. The summed E-state index contributed by atoms with van der Waals surface area (Å²) in [5.41, 5.74) is 0.713. The molecule has 0 saturated carbocycles. The first kappa shape index (κ1) is 14.9. The van der Waals surface area contributed by atoms with Crippen LogP contribution in [0.5, 0.6) is 5.75 Å². The smallest absolute Gasteiger partial charge is 0.253 e. The van der Waals surface area contributed by atoms with Gasteiger partial charge in [0.15, 0.2) is 0 Å². The molecule has 104 valence electrons. The van der Waals surface area contributed by atoms with Crippen LogP contribution in [0.4, 0.5) is 0 Å². The molecule has 1 aliphatic rings. The number of nitrogens with zero attached hydrogens (tertiary/aromatic N) is 1. The Labute approximate surface area is 130 Å². The molecule has 19 heavy (non-hydrogen) atoms. The molecule has 0 aromatic heterocycles. The molecule has 1 saturated heterocycles. The highest BCUT2D eigenvalue weighted by atomic mass is 79.9. The van der Waals surface area contributed by atoms with Crippen molar-refractivity contribution < 1.29 is 9.53 Å². The number of alkyl halides is 1. The third-order valence-corrected chi connectivity index (χ3v) is 5.05. The Hall–Kier alpha value is -0.550. The molecule has 1 aliphatic heterocycles. The molecule has 1 amide bonds. The predicted molar refractivity (Wildman–Crippen MR) is 83.1 cm³/mol. The second-order valence-corrected chi connectivity index (χ2v) is 6.24. The number of carbonyl (C=O) groups excluding carboxylic acids is 1. The van der Waals surface area contributed by atoms with Crippen LogP contribution in [0.15, 0.2) is 22.7 Å².